The third-order valence-electron chi connectivity index (χ3n) is 9.33. The molecule has 1 aliphatic carbocycles. The Kier molecular flexibility index (Phi) is 9.73. The van der Waals surface area contributed by atoms with Gasteiger partial charge in [0, 0.05) is 5.54 Å². The molecule has 226 valence electrons. The first kappa shape index (κ1) is 31.1. The predicted molar refractivity (Wildman–Crippen MR) is 197 cm³/mol. The highest BCUT2D eigenvalue weighted by Gasteiger charge is 2.58. The van der Waals surface area contributed by atoms with Gasteiger partial charge in [0.2, 0.25) is 0 Å². The van der Waals surface area contributed by atoms with E-state index < -0.39 is 25.2 Å². The van der Waals surface area contributed by atoms with E-state index in [1.54, 1.807) is 0 Å². The van der Waals surface area contributed by atoms with Gasteiger partial charge in [-0.1, -0.05) is 182 Å². The normalized spacial score (nSPS) is 14.5. The summed E-state index contributed by atoms with van der Waals surface area (Å²) in [6.45, 7) is 9.07. The van der Waals surface area contributed by atoms with Crippen LogP contribution in [-0.2, 0) is 8.23 Å². The molecule has 0 radical (unpaired) electrons. The van der Waals surface area contributed by atoms with Crippen LogP contribution in [-0.4, -0.2) is 25.2 Å². The fourth-order valence-corrected chi connectivity index (χ4v) is 22.9. The maximum absolute atomic E-state index is 8.20. The minimum absolute atomic E-state index is 0.271. The Morgan fingerprint density at radius 2 is 0.711 bits per heavy atom. The van der Waals surface area contributed by atoms with Gasteiger partial charge in [-0.05, 0) is 38.8 Å². The number of rotatable bonds is 12. The smallest absolute Gasteiger partial charge is 0.356 e. The number of benzene rings is 5. The van der Waals surface area contributed by atoms with E-state index in [2.05, 4.69) is 176 Å². The molecule has 1 saturated carbocycles. The molecule has 0 N–H and O–H groups in total. The molecule has 0 amide bonds. The van der Waals surface area contributed by atoms with Crippen molar-refractivity contribution in [1.82, 2.24) is 0 Å². The van der Waals surface area contributed by atoms with Crippen molar-refractivity contribution >= 4 is 51.1 Å². The molecule has 0 bridgehead atoms. The summed E-state index contributed by atoms with van der Waals surface area (Å²) in [7, 11) is -9.43. The summed E-state index contributed by atoms with van der Waals surface area (Å²) in [5, 5.41) is 5.92. The van der Waals surface area contributed by atoms with Crippen LogP contribution in [0.4, 0.5) is 0 Å². The van der Waals surface area contributed by atoms with Gasteiger partial charge >= 0.3 is 8.56 Å². The first-order chi connectivity index (χ1) is 22.2. The van der Waals surface area contributed by atoms with Gasteiger partial charge in [0.25, 0.3) is 16.6 Å². The van der Waals surface area contributed by atoms with Crippen LogP contribution >= 0.6 is 0 Å². The van der Waals surface area contributed by atoms with Crippen LogP contribution in [0.3, 0.4) is 0 Å². The zero-order valence-electron chi connectivity index (χ0n) is 25.9. The molecular formula is C40H42O2Si3. The molecule has 0 aromatic heterocycles. The molecule has 1 fully saturated rings. The number of hydrogen-bond donors (Lipinski definition) is 0. The van der Waals surface area contributed by atoms with Crippen molar-refractivity contribution in [3.05, 3.63) is 176 Å². The lowest BCUT2D eigenvalue weighted by molar-refractivity contribution is 0.351. The van der Waals surface area contributed by atoms with Gasteiger partial charge in [-0.2, -0.15) is 0 Å². The molecule has 0 saturated heterocycles. The zero-order chi connectivity index (χ0) is 31.0. The second-order valence-electron chi connectivity index (χ2n) is 11.9. The quantitative estimate of drug-likeness (QED) is 0.142. The summed E-state index contributed by atoms with van der Waals surface area (Å²) in [6, 6.07) is 54.0. The Labute approximate surface area is 272 Å². The molecule has 5 aromatic rings. The predicted octanol–water partition coefficient (Wildman–Crippen LogP) is 6.67. The van der Waals surface area contributed by atoms with Gasteiger partial charge in [0.15, 0.2) is 0 Å². The molecule has 0 unspecified atom stereocenters. The second kappa shape index (κ2) is 14.1. The molecular weight excluding hydrogens is 597 g/mol. The minimum atomic E-state index is -3.33. The Hall–Kier alpha value is -3.85. The van der Waals surface area contributed by atoms with Gasteiger partial charge < -0.3 is 8.23 Å². The Morgan fingerprint density at radius 1 is 0.422 bits per heavy atom. The standard InChI is InChI=1S/C40H42O2Si3/c1-3-43(35-23-11-5-12-24-35,36-25-13-6-14-26-36)41-45(39-31-19-9-20-32-39,40-33-21-10-22-34-40)42-44(4-2,37-27-15-7-16-28-37)38-29-17-8-18-30-38/h3-9,11-20,23-32,40H,1-2,10,21-22,33-34H2. The fraction of sp³-hybridized carbons (Fsp3) is 0.150. The first-order valence-corrected chi connectivity index (χ1v) is 22.0. The third-order valence-corrected chi connectivity index (χ3v) is 23.0. The van der Waals surface area contributed by atoms with Gasteiger partial charge in [0.1, 0.15) is 0 Å². The van der Waals surface area contributed by atoms with Crippen LogP contribution in [0.5, 0.6) is 0 Å². The highest BCUT2D eigenvalue weighted by molar-refractivity contribution is 7.11. The molecule has 0 aliphatic heterocycles. The average molecular weight is 639 g/mol. The van der Waals surface area contributed by atoms with E-state index >= 15 is 0 Å². The summed E-state index contributed by atoms with van der Waals surface area (Å²) in [6.07, 6.45) is 5.77. The lowest BCUT2D eigenvalue weighted by atomic mass is 10.0. The van der Waals surface area contributed by atoms with Gasteiger partial charge in [0.05, 0.1) is 0 Å². The second-order valence-corrected chi connectivity index (χ2v) is 22.3. The van der Waals surface area contributed by atoms with Crippen molar-refractivity contribution in [3.8, 4) is 0 Å². The van der Waals surface area contributed by atoms with E-state index in [9.17, 15) is 0 Å². The Morgan fingerprint density at radius 3 is 1.00 bits per heavy atom. The van der Waals surface area contributed by atoms with Crippen LogP contribution in [0.25, 0.3) is 0 Å². The van der Waals surface area contributed by atoms with Gasteiger partial charge in [-0.25, -0.2) is 0 Å². The van der Waals surface area contributed by atoms with Crippen molar-refractivity contribution in [3.63, 3.8) is 0 Å². The van der Waals surface area contributed by atoms with Gasteiger partial charge in [-0.15, -0.1) is 13.2 Å². The maximum Gasteiger partial charge on any atom is 0.356 e. The summed E-state index contributed by atoms with van der Waals surface area (Å²) < 4.78 is 16.4. The van der Waals surface area contributed by atoms with E-state index in [4.69, 9.17) is 8.23 Å². The molecule has 5 aromatic carbocycles. The van der Waals surface area contributed by atoms with Crippen molar-refractivity contribution in [2.45, 2.75) is 37.6 Å². The van der Waals surface area contributed by atoms with E-state index in [1.165, 1.54) is 45.2 Å². The summed E-state index contributed by atoms with van der Waals surface area (Å²) >= 11 is 0. The first-order valence-electron chi connectivity index (χ1n) is 16.1. The topological polar surface area (TPSA) is 18.5 Å². The van der Waals surface area contributed by atoms with Crippen molar-refractivity contribution in [2.75, 3.05) is 0 Å². The third kappa shape index (κ3) is 6.07. The summed E-state index contributed by atoms with van der Waals surface area (Å²) in [4.78, 5) is 0. The van der Waals surface area contributed by atoms with E-state index in [0.717, 1.165) is 12.8 Å². The SMILES string of the molecule is C=C[Si](O[Si](O[Si](C=C)(c1ccccc1)c1ccccc1)(c1ccccc1)C1CCCCC1)(c1ccccc1)c1ccccc1. The molecule has 45 heavy (non-hydrogen) atoms. The van der Waals surface area contributed by atoms with Crippen molar-refractivity contribution in [1.29, 1.82) is 0 Å². The van der Waals surface area contributed by atoms with Crippen LogP contribution in [0.2, 0.25) is 5.54 Å². The van der Waals surface area contributed by atoms with Crippen LogP contribution in [0, 0.1) is 0 Å². The minimum Gasteiger partial charge on any atom is -0.422 e. The number of hydrogen-bond acceptors (Lipinski definition) is 2. The molecule has 0 atom stereocenters. The van der Waals surface area contributed by atoms with Crippen molar-refractivity contribution in [2.24, 2.45) is 0 Å². The van der Waals surface area contributed by atoms with Crippen molar-refractivity contribution < 1.29 is 8.23 Å². The highest BCUT2D eigenvalue weighted by Crippen LogP contribution is 2.41. The Balaban J connectivity index is 1.67. The molecule has 5 heteroatoms. The van der Waals surface area contributed by atoms with Crippen LogP contribution in [0.15, 0.2) is 176 Å². The fourth-order valence-electron chi connectivity index (χ4n) is 7.04. The van der Waals surface area contributed by atoms with E-state index in [0.29, 0.717) is 0 Å². The molecule has 0 spiro atoms. The van der Waals surface area contributed by atoms with E-state index in [1.807, 2.05) is 0 Å². The summed E-state index contributed by atoms with van der Waals surface area (Å²) in [5.41, 5.74) is 4.54. The van der Waals surface area contributed by atoms with Gasteiger partial charge in [-0.3, -0.25) is 0 Å². The Bertz CT molecular complexity index is 1480. The lowest BCUT2D eigenvalue weighted by Gasteiger charge is -2.49. The lowest BCUT2D eigenvalue weighted by Crippen LogP contribution is -2.76. The van der Waals surface area contributed by atoms with Crippen LogP contribution < -0.4 is 25.9 Å². The summed E-state index contributed by atoms with van der Waals surface area (Å²) in [5.74, 6) is 0. The highest BCUT2D eigenvalue weighted by atomic mass is 28.5. The average Bonchev–Trinajstić information content (AvgIpc) is 3.14. The molecule has 2 nitrogen and oxygen atoms in total. The zero-order valence-corrected chi connectivity index (χ0v) is 28.9. The monoisotopic (exact) mass is 638 g/mol. The molecule has 1 aliphatic rings. The molecule has 0 heterocycles. The van der Waals surface area contributed by atoms with Crippen LogP contribution in [0.1, 0.15) is 32.1 Å². The molecule has 6 rings (SSSR count). The van der Waals surface area contributed by atoms with E-state index in [-0.39, 0.29) is 5.54 Å². The maximum atomic E-state index is 8.20. The largest absolute Gasteiger partial charge is 0.422 e.